The summed E-state index contributed by atoms with van der Waals surface area (Å²) in [6, 6.07) is 9.45. The predicted molar refractivity (Wildman–Crippen MR) is 97.2 cm³/mol. The van der Waals surface area contributed by atoms with Crippen molar-refractivity contribution in [3.8, 4) is 17.9 Å². The fraction of sp³-hybridized carbons (Fsp3) is 0.200. The van der Waals surface area contributed by atoms with Crippen LogP contribution in [0.3, 0.4) is 0 Å². The van der Waals surface area contributed by atoms with Gasteiger partial charge in [0.25, 0.3) is 0 Å². The molecular weight excluding hydrogens is 331 g/mol. The molecule has 0 saturated carbocycles. The monoisotopic (exact) mass is 346 g/mol. The second-order valence-electron chi connectivity index (χ2n) is 5.80. The minimum atomic E-state index is -0.560. The summed E-state index contributed by atoms with van der Waals surface area (Å²) in [6.07, 6.45) is 5.12. The second kappa shape index (κ2) is 8.04. The zero-order chi connectivity index (χ0) is 18.4. The van der Waals surface area contributed by atoms with E-state index in [0.717, 1.165) is 25.9 Å². The molecule has 0 N–H and O–H groups in total. The van der Waals surface area contributed by atoms with Gasteiger partial charge < -0.3 is 4.90 Å². The van der Waals surface area contributed by atoms with Crippen molar-refractivity contribution in [2.24, 2.45) is 5.18 Å². The van der Waals surface area contributed by atoms with Gasteiger partial charge in [0, 0.05) is 24.8 Å². The number of nitrogens with zero attached hydrogens (tertiary/aromatic N) is 4. The van der Waals surface area contributed by atoms with Gasteiger partial charge in [-0.3, -0.25) is 0 Å². The van der Waals surface area contributed by atoms with E-state index in [0.29, 0.717) is 17.1 Å². The lowest BCUT2D eigenvalue weighted by atomic mass is 10.0. The third kappa shape index (κ3) is 3.93. The molecule has 1 aliphatic heterocycles. The highest BCUT2D eigenvalue weighted by Crippen LogP contribution is 2.28. The summed E-state index contributed by atoms with van der Waals surface area (Å²) in [7, 11) is 0. The highest BCUT2D eigenvalue weighted by atomic mass is 19.1. The van der Waals surface area contributed by atoms with E-state index in [-0.39, 0.29) is 5.56 Å². The van der Waals surface area contributed by atoms with Gasteiger partial charge in [0.15, 0.2) is 5.82 Å². The van der Waals surface area contributed by atoms with Crippen LogP contribution in [0.1, 0.15) is 24.0 Å². The quantitative estimate of drug-likeness (QED) is 0.607. The van der Waals surface area contributed by atoms with Gasteiger partial charge in [-0.2, -0.15) is 5.26 Å². The van der Waals surface area contributed by atoms with E-state index < -0.39 is 5.82 Å². The smallest absolute Gasteiger partial charge is 0.158 e. The summed E-state index contributed by atoms with van der Waals surface area (Å²) in [5.41, 5.74) is 2.09. The Hall–Kier alpha value is -3.51. The number of rotatable bonds is 2. The van der Waals surface area contributed by atoms with Gasteiger partial charge in [0.05, 0.1) is 5.56 Å². The zero-order valence-electron chi connectivity index (χ0n) is 13.9. The molecule has 0 spiro atoms. The van der Waals surface area contributed by atoms with Gasteiger partial charge in [-0.05, 0) is 54.4 Å². The first kappa shape index (κ1) is 17.3. The van der Waals surface area contributed by atoms with Crippen LogP contribution in [0.15, 0.2) is 53.4 Å². The van der Waals surface area contributed by atoms with E-state index in [9.17, 15) is 9.30 Å². The van der Waals surface area contributed by atoms with Gasteiger partial charge in [0.2, 0.25) is 0 Å². The fourth-order valence-electron chi connectivity index (χ4n) is 2.76. The summed E-state index contributed by atoms with van der Waals surface area (Å²) in [5, 5.41) is 11.8. The van der Waals surface area contributed by atoms with Crippen LogP contribution in [-0.4, -0.2) is 18.1 Å². The highest BCUT2D eigenvalue weighted by Gasteiger charge is 2.18. The van der Waals surface area contributed by atoms with Gasteiger partial charge in [-0.25, -0.2) is 9.37 Å². The molecule has 26 heavy (non-hydrogen) atoms. The number of hydrogen-bond acceptors (Lipinski definition) is 5. The van der Waals surface area contributed by atoms with Crippen molar-refractivity contribution < 1.29 is 4.39 Å². The minimum absolute atomic E-state index is 0.0139. The number of anilines is 1. The number of aromatic nitrogens is 1. The summed E-state index contributed by atoms with van der Waals surface area (Å²) < 4.78 is 13.6. The number of piperidine rings is 1. The zero-order valence-corrected chi connectivity index (χ0v) is 13.9. The van der Waals surface area contributed by atoms with Crippen molar-refractivity contribution in [1.82, 2.24) is 4.98 Å². The van der Waals surface area contributed by atoms with Gasteiger partial charge in [-0.15, -0.1) is 4.91 Å². The summed E-state index contributed by atoms with van der Waals surface area (Å²) in [4.78, 5) is 17.2. The lowest BCUT2D eigenvalue weighted by Crippen LogP contribution is -2.31. The molecule has 0 radical (unpaired) electrons. The molecule has 1 fully saturated rings. The Morgan fingerprint density at radius 2 is 2.08 bits per heavy atom. The molecule has 3 rings (SSSR count). The maximum absolute atomic E-state index is 13.6. The molecule has 1 aliphatic rings. The first-order valence-corrected chi connectivity index (χ1v) is 8.13. The predicted octanol–water partition coefficient (Wildman–Crippen LogP) is 4.07. The number of halogens is 1. The van der Waals surface area contributed by atoms with Crippen molar-refractivity contribution in [2.75, 3.05) is 18.0 Å². The molecule has 5 nitrogen and oxygen atoms in total. The van der Waals surface area contributed by atoms with E-state index >= 15 is 0 Å². The number of benzene rings is 1. The Bertz CT molecular complexity index is 956. The first-order valence-electron chi connectivity index (χ1n) is 8.13. The SMILES string of the molecule is N#Cc1ccc(C#CC=C2CCN(c3ncccc3N=O)CC2)cc1F. The van der Waals surface area contributed by atoms with Crippen LogP contribution in [0, 0.1) is 33.9 Å². The minimum Gasteiger partial charge on any atom is -0.354 e. The Balaban J connectivity index is 1.65. The van der Waals surface area contributed by atoms with Crippen LogP contribution in [0.5, 0.6) is 0 Å². The lowest BCUT2D eigenvalue weighted by Gasteiger charge is -2.29. The molecule has 0 bridgehead atoms. The van der Waals surface area contributed by atoms with Gasteiger partial charge >= 0.3 is 0 Å². The summed E-state index contributed by atoms with van der Waals surface area (Å²) in [6.45, 7) is 1.47. The van der Waals surface area contributed by atoms with Crippen molar-refractivity contribution in [3.63, 3.8) is 0 Å². The molecule has 0 amide bonds. The van der Waals surface area contributed by atoms with E-state index in [2.05, 4.69) is 22.0 Å². The molecule has 2 aromatic rings. The van der Waals surface area contributed by atoms with Crippen LogP contribution in [0.25, 0.3) is 0 Å². The largest absolute Gasteiger partial charge is 0.354 e. The summed E-state index contributed by atoms with van der Waals surface area (Å²) in [5.74, 6) is 5.89. The third-order valence-electron chi connectivity index (χ3n) is 4.15. The average molecular weight is 346 g/mol. The first-order chi connectivity index (χ1) is 12.7. The molecule has 0 aliphatic carbocycles. The number of nitroso groups, excluding NO2 is 1. The number of hydrogen-bond donors (Lipinski definition) is 0. The topological polar surface area (TPSA) is 69.3 Å². The third-order valence-corrected chi connectivity index (χ3v) is 4.15. The Kier molecular flexibility index (Phi) is 5.36. The van der Waals surface area contributed by atoms with Crippen molar-refractivity contribution >= 4 is 11.5 Å². The standard InChI is InChI=1S/C20H15FN4O/c21-18-13-16(6-7-17(18)14-22)4-1-3-15-8-11-25(12-9-15)20-19(24-26)5-2-10-23-20/h2-3,5-7,10,13H,8-9,11-12H2. The molecular formula is C20H15FN4O. The summed E-state index contributed by atoms with van der Waals surface area (Å²) >= 11 is 0. The second-order valence-corrected chi connectivity index (χ2v) is 5.80. The maximum atomic E-state index is 13.6. The van der Waals surface area contributed by atoms with Crippen LogP contribution in [-0.2, 0) is 0 Å². The maximum Gasteiger partial charge on any atom is 0.158 e. The molecule has 0 atom stereocenters. The van der Waals surface area contributed by atoms with Crippen LogP contribution >= 0.6 is 0 Å². The van der Waals surface area contributed by atoms with Gasteiger partial charge in [0.1, 0.15) is 17.6 Å². The number of allylic oxidation sites excluding steroid dienone is 1. The normalized spacial score (nSPS) is 13.4. The van der Waals surface area contributed by atoms with Crippen LogP contribution in [0.4, 0.5) is 15.9 Å². The van der Waals surface area contributed by atoms with Crippen LogP contribution < -0.4 is 4.90 Å². The molecule has 6 heteroatoms. The van der Waals surface area contributed by atoms with E-state index in [1.807, 2.05) is 11.0 Å². The Morgan fingerprint density at radius 1 is 1.27 bits per heavy atom. The Morgan fingerprint density at radius 3 is 2.77 bits per heavy atom. The van der Waals surface area contributed by atoms with E-state index in [1.54, 1.807) is 30.5 Å². The Labute approximate surface area is 150 Å². The number of pyridine rings is 1. The average Bonchev–Trinajstić information content (AvgIpc) is 2.69. The molecule has 1 aromatic carbocycles. The fourth-order valence-corrected chi connectivity index (χ4v) is 2.76. The lowest BCUT2D eigenvalue weighted by molar-refractivity contribution is 0.623. The van der Waals surface area contributed by atoms with Crippen molar-refractivity contribution in [3.05, 3.63) is 70.0 Å². The molecule has 2 heterocycles. The molecule has 1 aromatic heterocycles. The number of nitriles is 1. The van der Waals surface area contributed by atoms with Crippen molar-refractivity contribution in [2.45, 2.75) is 12.8 Å². The van der Waals surface area contributed by atoms with Crippen molar-refractivity contribution in [1.29, 1.82) is 5.26 Å². The molecule has 128 valence electrons. The van der Waals surface area contributed by atoms with Crippen LogP contribution in [0.2, 0.25) is 0 Å². The van der Waals surface area contributed by atoms with E-state index in [1.165, 1.54) is 17.7 Å². The molecule has 1 saturated heterocycles. The molecule has 0 unspecified atom stereocenters. The van der Waals surface area contributed by atoms with Gasteiger partial charge in [-0.1, -0.05) is 17.4 Å². The van der Waals surface area contributed by atoms with E-state index in [4.69, 9.17) is 5.26 Å². The highest BCUT2D eigenvalue weighted by molar-refractivity contribution is 5.61.